The summed E-state index contributed by atoms with van der Waals surface area (Å²) in [6.07, 6.45) is 1.65. The molecule has 1 amide bonds. The molecule has 0 saturated carbocycles. The molecule has 170 valence electrons. The molecule has 1 N–H and O–H groups in total. The first-order valence-corrected chi connectivity index (χ1v) is 13.1. The first-order chi connectivity index (χ1) is 14.5. The van der Waals surface area contributed by atoms with Gasteiger partial charge in [0.15, 0.2) is 9.84 Å². The minimum absolute atomic E-state index is 0.0470. The van der Waals surface area contributed by atoms with Gasteiger partial charge in [0.1, 0.15) is 5.75 Å². The van der Waals surface area contributed by atoms with Crippen LogP contribution in [0.1, 0.15) is 29.3 Å². The van der Waals surface area contributed by atoms with Crippen molar-refractivity contribution in [2.45, 2.75) is 30.1 Å². The third kappa shape index (κ3) is 6.78. The summed E-state index contributed by atoms with van der Waals surface area (Å²) in [6, 6.07) is 10.7. The van der Waals surface area contributed by atoms with E-state index in [1.54, 1.807) is 39.1 Å². The highest BCUT2D eigenvalue weighted by atomic mass is 32.2. The van der Waals surface area contributed by atoms with E-state index < -0.39 is 19.9 Å². The Kier molecular flexibility index (Phi) is 8.21. The average molecular weight is 469 g/mol. The van der Waals surface area contributed by atoms with Crippen LogP contribution < -0.4 is 9.46 Å². The lowest BCUT2D eigenvalue weighted by molar-refractivity contribution is 0.0787. The van der Waals surface area contributed by atoms with Gasteiger partial charge in [0.2, 0.25) is 10.0 Å². The molecule has 31 heavy (non-hydrogen) atoms. The molecule has 0 aliphatic heterocycles. The van der Waals surface area contributed by atoms with Crippen molar-refractivity contribution < 1.29 is 26.4 Å². The number of carbonyl (C=O) groups is 1. The molecule has 0 fully saturated rings. The molecule has 0 atom stereocenters. The standard InChI is InChI=1S/C21H28N2O6S2/c1-5-22-31(27,28)19-11-10-16(2)20(15-19)21(24)23(3)12-7-13-29-17-8-6-9-18(14-17)30(4,25)26/h6,8-11,14-15,22H,5,7,12-13H2,1-4H3. The maximum Gasteiger partial charge on any atom is 0.253 e. The quantitative estimate of drug-likeness (QED) is 0.536. The van der Waals surface area contributed by atoms with Gasteiger partial charge in [-0.1, -0.05) is 19.1 Å². The molecule has 2 rings (SSSR count). The molecule has 0 radical (unpaired) electrons. The Balaban J connectivity index is 1.99. The summed E-state index contributed by atoms with van der Waals surface area (Å²) in [7, 11) is -5.33. The summed E-state index contributed by atoms with van der Waals surface area (Å²) in [5.41, 5.74) is 1.00. The van der Waals surface area contributed by atoms with E-state index in [1.807, 2.05) is 0 Å². The minimum atomic E-state index is -3.66. The van der Waals surface area contributed by atoms with Crippen LogP contribution in [-0.2, 0) is 19.9 Å². The van der Waals surface area contributed by atoms with Gasteiger partial charge >= 0.3 is 0 Å². The van der Waals surface area contributed by atoms with E-state index in [9.17, 15) is 21.6 Å². The number of hydrogen-bond acceptors (Lipinski definition) is 6. The maximum absolute atomic E-state index is 12.8. The third-order valence-electron chi connectivity index (χ3n) is 4.57. The number of carbonyl (C=O) groups excluding carboxylic acids is 1. The van der Waals surface area contributed by atoms with E-state index >= 15 is 0 Å². The second-order valence-electron chi connectivity index (χ2n) is 7.15. The number of rotatable bonds is 10. The van der Waals surface area contributed by atoms with Crippen LogP contribution in [0, 0.1) is 6.92 Å². The van der Waals surface area contributed by atoms with Gasteiger partial charge in [-0.3, -0.25) is 4.79 Å². The fourth-order valence-corrected chi connectivity index (χ4v) is 4.59. The smallest absolute Gasteiger partial charge is 0.253 e. The maximum atomic E-state index is 12.8. The van der Waals surface area contributed by atoms with E-state index in [2.05, 4.69) is 4.72 Å². The second-order valence-corrected chi connectivity index (χ2v) is 10.9. The molecule has 0 aliphatic carbocycles. The van der Waals surface area contributed by atoms with Crippen LogP contribution in [-0.4, -0.2) is 60.6 Å². The number of nitrogens with one attached hydrogen (secondary N) is 1. The molecule has 10 heteroatoms. The number of aryl methyl sites for hydroxylation is 1. The van der Waals surface area contributed by atoms with E-state index in [0.29, 0.717) is 36.4 Å². The zero-order valence-corrected chi connectivity index (χ0v) is 19.7. The molecule has 0 unspecified atom stereocenters. The monoisotopic (exact) mass is 468 g/mol. The molecule has 0 aliphatic rings. The predicted molar refractivity (Wildman–Crippen MR) is 119 cm³/mol. The molecule has 0 aromatic heterocycles. The Morgan fingerprint density at radius 2 is 1.77 bits per heavy atom. The summed E-state index contributed by atoms with van der Waals surface area (Å²) in [6.45, 7) is 4.37. The van der Waals surface area contributed by atoms with Gasteiger partial charge in [0.05, 0.1) is 16.4 Å². The second kappa shape index (κ2) is 10.3. The van der Waals surface area contributed by atoms with Crippen molar-refractivity contribution in [3.63, 3.8) is 0 Å². The van der Waals surface area contributed by atoms with Crippen LogP contribution in [0.5, 0.6) is 5.75 Å². The molecule has 0 bridgehead atoms. The van der Waals surface area contributed by atoms with Crippen molar-refractivity contribution in [3.05, 3.63) is 53.6 Å². The predicted octanol–water partition coefficient (Wildman–Crippen LogP) is 2.24. The molecule has 2 aromatic carbocycles. The zero-order valence-electron chi connectivity index (χ0n) is 18.1. The molecule has 0 spiro atoms. The lowest BCUT2D eigenvalue weighted by Gasteiger charge is -2.19. The number of sulfone groups is 1. The lowest BCUT2D eigenvalue weighted by Crippen LogP contribution is -2.30. The van der Waals surface area contributed by atoms with Gasteiger partial charge in [0.25, 0.3) is 5.91 Å². The molecule has 8 nitrogen and oxygen atoms in total. The number of ether oxygens (including phenoxy) is 1. The van der Waals surface area contributed by atoms with Gasteiger partial charge in [-0.25, -0.2) is 21.6 Å². The Morgan fingerprint density at radius 1 is 1.06 bits per heavy atom. The van der Waals surface area contributed by atoms with Crippen molar-refractivity contribution >= 4 is 25.8 Å². The first-order valence-electron chi connectivity index (χ1n) is 9.74. The highest BCUT2D eigenvalue weighted by molar-refractivity contribution is 7.90. The number of amides is 1. The first kappa shape index (κ1) is 24.8. The topological polar surface area (TPSA) is 110 Å². The Hall–Kier alpha value is -2.43. The fraction of sp³-hybridized carbons (Fsp3) is 0.381. The van der Waals surface area contributed by atoms with Gasteiger partial charge in [0, 0.05) is 32.0 Å². The van der Waals surface area contributed by atoms with Crippen molar-refractivity contribution in [2.24, 2.45) is 0 Å². The number of nitrogens with zero attached hydrogens (tertiary/aromatic N) is 1. The third-order valence-corrected chi connectivity index (χ3v) is 7.22. The Morgan fingerprint density at radius 3 is 2.42 bits per heavy atom. The summed E-state index contributed by atoms with van der Waals surface area (Å²) in [4.78, 5) is 14.6. The molecule has 0 saturated heterocycles. The van der Waals surface area contributed by atoms with E-state index in [1.165, 1.54) is 29.2 Å². The average Bonchev–Trinajstić information content (AvgIpc) is 2.70. The van der Waals surface area contributed by atoms with Crippen LogP contribution in [0.25, 0.3) is 0 Å². The van der Waals surface area contributed by atoms with Crippen LogP contribution in [0.4, 0.5) is 0 Å². The van der Waals surface area contributed by atoms with Gasteiger partial charge in [-0.2, -0.15) is 0 Å². The minimum Gasteiger partial charge on any atom is -0.493 e. The van der Waals surface area contributed by atoms with Gasteiger partial charge < -0.3 is 9.64 Å². The SMILES string of the molecule is CCNS(=O)(=O)c1ccc(C)c(C(=O)N(C)CCCOc2cccc(S(C)(=O)=O)c2)c1. The van der Waals surface area contributed by atoms with Crippen LogP contribution in [0.3, 0.4) is 0 Å². The number of hydrogen-bond donors (Lipinski definition) is 1. The number of sulfonamides is 1. The lowest BCUT2D eigenvalue weighted by atomic mass is 10.1. The number of benzene rings is 2. The van der Waals surface area contributed by atoms with E-state index in [-0.39, 0.29) is 22.2 Å². The van der Waals surface area contributed by atoms with E-state index in [0.717, 1.165) is 6.26 Å². The highest BCUT2D eigenvalue weighted by Crippen LogP contribution is 2.19. The summed E-state index contributed by atoms with van der Waals surface area (Å²) in [5.74, 6) is 0.152. The largest absolute Gasteiger partial charge is 0.493 e. The zero-order chi connectivity index (χ0) is 23.2. The summed E-state index contributed by atoms with van der Waals surface area (Å²) >= 11 is 0. The molecular weight excluding hydrogens is 440 g/mol. The Labute approximate surface area is 184 Å². The highest BCUT2D eigenvalue weighted by Gasteiger charge is 2.19. The Bertz CT molecular complexity index is 1140. The van der Waals surface area contributed by atoms with Crippen molar-refractivity contribution in [1.29, 1.82) is 0 Å². The normalized spacial score (nSPS) is 11.9. The van der Waals surface area contributed by atoms with Crippen molar-refractivity contribution in [3.8, 4) is 5.75 Å². The van der Waals surface area contributed by atoms with Crippen molar-refractivity contribution in [2.75, 3.05) is 33.0 Å². The van der Waals surface area contributed by atoms with Crippen molar-refractivity contribution in [1.82, 2.24) is 9.62 Å². The molecule has 2 aromatic rings. The molecular formula is C21H28N2O6S2. The molecule has 0 heterocycles. The summed E-state index contributed by atoms with van der Waals surface area (Å²) in [5, 5.41) is 0. The van der Waals surface area contributed by atoms with Crippen LogP contribution in [0.2, 0.25) is 0 Å². The van der Waals surface area contributed by atoms with Gasteiger partial charge in [-0.15, -0.1) is 0 Å². The van der Waals surface area contributed by atoms with Gasteiger partial charge in [-0.05, 0) is 49.2 Å². The fourth-order valence-electron chi connectivity index (χ4n) is 2.87. The van der Waals surface area contributed by atoms with Crippen LogP contribution in [0.15, 0.2) is 52.3 Å². The van der Waals surface area contributed by atoms with Crippen LogP contribution >= 0.6 is 0 Å². The van der Waals surface area contributed by atoms with E-state index in [4.69, 9.17) is 4.74 Å². The summed E-state index contributed by atoms with van der Waals surface area (Å²) < 4.78 is 55.7.